The van der Waals surface area contributed by atoms with Crippen molar-refractivity contribution < 1.29 is 4.79 Å². The number of rotatable bonds is 2. The van der Waals surface area contributed by atoms with Crippen molar-refractivity contribution in [3.8, 4) is 11.3 Å². The van der Waals surface area contributed by atoms with E-state index in [1.807, 2.05) is 25.3 Å². The van der Waals surface area contributed by atoms with Crippen molar-refractivity contribution in [3.63, 3.8) is 0 Å². The fourth-order valence-electron chi connectivity index (χ4n) is 1.94. The van der Waals surface area contributed by atoms with Gasteiger partial charge in [0.2, 0.25) is 5.13 Å². The lowest BCUT2D eigenvalue weighted by Crippen LogP contribution is -2.24. The summed E-state index contributed by atoms with van der Waals surface area (Å²) in [6.45, 7) is 3.69. The second kappa shape index (κ2) is 5.40. The Morgan fingerprint density at radius 2 is 2.05 bits per heavy atom. The Hall–Kier alpha value is -1.43. The lowest BCUT2D eigenvalue weighted by molar-refractivity contribution is -0.119. The first-order valence-corrected chi connectivity index (χ1v) is 7.91. The second-order valence-electron chi connectivity index (χ2n) is 4.76. The number of hydrogen-bond acceptors (Lipinski definition) is 4. The predicted octanol–water partition coefficient (Wildman–Crippen LogP) is 4.48. The topological polar surface area (TPSA) is 45.6 Å². The zero-order chi connectivity index (χ0) is 15.1. The van der Waals surface area contributed by atoms with Crippen LogP contribution in [0.25, 0.3) is 11.3 Å². The molecule has 0 radical (unpaired) electrons. The molecule has 108 valence electrons. The molecule has 1 amide bonds. The van der Waals surface area contributed by atoms with Gasteiger partial charge in [-0.1, -0.05) is 29.3 Å². The first-order chi connectivity index (χ1) is 9.97. The third-order valence-corrected chi connectivity index (χ3v) is 4.91. The number of thiazole rings is 1. The van der Waals surface area contributed by atoms with Gasteiger partial charge >= 0.3 is 0 Å². The van der Waals surface area contributed by atoms with Gasteiger partial charge in [-0.05, 0) is 26.0 Å². The number of amides is 1. The highest BCUT2D eigenvalue weighted by Crippen LogP contribution is 2.33. The summed E-state index contributed by atoms with van der Waals surface area (Å²) >= 11 is 13.3. The molecule has 1 unspecified atom stereocenters. The molecule has 2 aromatic rings. The zero-order valence-corrected chi connectivity index (χ0v) is 13.6. The standard InChI is InChI=1S/C14H11Cl2N3OS/c1-7-8(2)18-19(13(7)20)14-17-12(6-21-14)9-3-4-10(15)11(16)5-9/h3-7H,1-2H3. The molecule has 4 nitrogen and oxygen atoms in total. The molecule has 0 fully saturated rings. The summed E-state index contributed by atoms with van der Waals surface area (Å²) in [4.78, 5) is 16.6. The van der Waals surface area contributed by atoms with Gasteiger partial charge in [-0.3, -0.25) is 4.79 Å². The second-order valence-corrected chi connectivity index (χ2v) is 6.41. The molecule has 21 heavy (non-hydrogen) atoms. The van der Waals surface area contributed by atoms with Crippen LogP contribution in [-0.2, 0) is 4.79 Å². The van der Waals surface area contributed by atoms with Crippen molar-refractivity contribution in [1.82, 2.24) is 4.98 Å². The maximum Gasteiger partial charge on any atom is 0.258 e. The molecule has 0 aliphatic carbocycles. The number of carbonyl (C=O) groups is 1. The van der Waals surface area contributed by atoms with Crippen LogP contribution in [0.5, 0.6) is 0 Å². The molecule has 1 aliphatic heterocycles. The minimum absolute atomic E-state index is 0.0532. The van der Waals surface area contributed by atoms with Crippen molar-refractivity contribution >= 4 is 51.3 Å². The number of nitrogens with zero attached hydrogens (tertiary/aromatic N) is 3. The maximum atomic E-state index is 12.1. The van der Waals surface area contributed by atoms with Crippen LogP contribution in [-0.4, -0.2) is 16.6 Å². The highest BCUT2D eigenvalue weighted by Gasteiger charge is 2.32. The Labute approximate surface area is 136 Å². The van der Waals surface area contributed by atoms with Crippen molar-refractivity contribution in [1.29, 1.82) is 0 Å². The summed E-state index contributed by atoms with van der Waals surface area (Å²) in [5, 5.41) is 9.03. The molecule has 0 saturated carbocycles. The van der Waals surface area contributed by atoms with Crippen molar-refractivity contribution in [3.05, 3.63) is 33.6 Å². The summed E-state index contributed by atoms with van der Waals surface area (Å²) in [5.41, 5.74) is 2.40. The van der Waals surface area contributed by atoms with Crippen LogP contribution in [0.1, 0.15) is 13.8 Å². The Morgan fingerprint density at radius 1 is 1.29 bits per heavy atom. The van der Waals surface area contributed by atoms with Crippen LogP contribution >= 0.6 is 34.5 Å². The normalized spacial score (nSPS) is 18.3. The van der Waals surface area contributed by atoms with Gasteiger partial charge in [0, 0.05) is 16.7 Å². The van der Waals surface area contributed by atoms with Crippen LogP contribution in [0.3, 0.4) is 0 Å². The Morgan fingerprint density at radius 3 is 2.67 bits per heavy atom. The summed E-state index contributed by atoms with van der Waals surface area (Å²) < 4.78 is 0. The van der Waals surface area contributed by atoms with E-state index < -0.39 is 0 Å². The number of aromatic nitrogens is 1. The van der Waals surface area contributed by atoms with E-state index in [1.54, 1.807) is 12.1 Å². The predicted molar refractivity (Wildman–Crippen MR) is 87.3 cm³/mol. The molecule has 1 aliphatic rings. The van der Waals surface area contributed by atoms with Crippen LogP contribution in [0.4, 0.5) is 5.13 Å². The van der Waals surface area contributed by atoms with E-state index in [1.165, 1.54) is 16.3 Å². The van der Waals surface area contributed by atoms with Crippen molar-refractivity contribution in [2.75, 3.05) is 5.01 Å². The molecule has 1 aromatic carbocycles. The van der Waals surface area contributed by atoms with E-state index in [9.17, 15) is 4.79 Å². The molecule has 1 atom stereocenters. The molecule has 0 bridgehead atoms. The lowest BCUT2D eigenvalue weighted by Gasteiger charge is -2.08. The van der Waals surface area contributed by atoms with Gasteiger partial charge in [-0.15, -0.1) is 11.3 Å². The van der Waals surface area contributed by atoms with Crippen LogP contribution < -0.4 is 5.01 Å². The fourth-order valence-corrected chi connectivity index (χ4v) is 3.03. The SMILES string of the molecule is CC1=NN(c2nc(-c3ccc(Cl)c(Cl)c3)cs2)C(=O)C1C. The fraction of sp³-hybridized carbons (Fsp3) is 0.214. The largest absolute Gasteiger partial charge is 0.272 e. The Kier molecular flexibility index (Phi) is 3.73. The lowest BCUT2D eigenvalue weighted by atomic mass is 10.1. The first kappa shape index (κ1) is 14.5. The number of carbonyl (C=O) groups excluding carboxylic acids is 1. The molecular weight excluding hydrogens is 329 g/mol. The third-order valence-electron chi connectivity index (χ3n) is 3.35. The summed E-state index contributed by atoms with van der Waals surface area (Å²) in [6, 6.07) is 5.32. The molecular formula is C14H11Cl2N3OS. The average molecular weight is 340 g/mol. The number of hydrazone groups is 1. The summed E-state index contributed by atoms with van der Waals surface area (Å²) in [5.74, 6) is -0.245. The molecule has 1 aromatic heterocycles. The smallest absolute Gasteiger partial charge is 0.258 e. The van der Waals surface area contributed by atoms with Crippen molar-refractivity contribution in [2.45, 2.75) is 13.8 Å². The van der Waals surface area contributed by atoms with Gasteiger partial charge in [-0.25, -0.2) is 4.98 Å². The number of benzene rings is 1. The molecule has 0 N–H and O–H groups in total. The average Bonchev–Trinajstić information content (AvgIpc) is 3.03. The highest BCUT2D eigenvalue weighted by molar-refractivity contribution is 7.14. The quantitative estimate of drug-likeness (QED) is 0.809. The number of hydrogen-bond donors (Lipinski definition) is 0. The zero-order valence-electron chi connectivity index (χ0n) is 11.3. The van der Waals surface area contributed by atoms with Crippen LogP contribution in [0.2, 0.25) is 10.0 Å². The minimum atomic E-state index is -0.192. The Balaban J connectivity index is 1.94. The van der Waals surface area contributed by atoms with Gasteiger partial charge in [0.05, 0.1) is 21.7 Å². The maximum absolute atomic E-state index is 12.1. The van der Waals surface area contributed by atoms with E-state index in [2.05, 4.69) is 10.1 Å². The molecule has 0 saturated heterocycles. The van der Waals surface area contributed by atoms with E-state index in [-0.39, 0.29) is 11.8 Å². The first-order valence-electron chi connectivity index (χ1n) is 6.27. The van der Waals surface area contributed by atoms with Crippen molar-refractivity contribution in [2.24, 2.45) is 11.0 Å². The van der Waals surface area contributed by atoms with Crippen LogP contribution in [0.15, 0.2) is 28.7 Å². The monoisotopic (exact) mass is 339 g/mol. The summed E-state index contributed by atoms with van der Waals surface area (Å²) in [7, 11) is 0. The van der Waals surface area contributed by atoms with Gasteiger partial charge in [-0.2, -0.15) is 10.1 Å². The highest BCUT2D eigenvalue weighted by atomic mass is 35.5. The van der Waals surface area contributed by atoms with E-state index >= 15 is 0 Å². The molecule has 2 heterocycles. The molecule has 0 spiro atoms. The van der Waals surface area contributed by atoms with Gasteiger partial charge < -0.3 is 0 Å². The Bertz CT molecular complexity index is 756. The minimum Gasteiger partial charge on any atom is -0.272 e. The van der Waals surface area contributed by atoms with E-state index in [0.29, 0.717) is 15.2 Å². The number of anilines is 1. The van der Waals surface area contributed by atoms with E-state index in [0.717, 1.165) is 17.0 Å². The van der Waals surface area contributed by atoms with Crippen LogP contribution in [0, 0.1) is 5.92 Å². The number of halogens is 2. The van der Waals surface area contributed by atoms with Gasteiger partial charge in [0.1, 0.15) is 0 Å². The van der Waals surface area contributed by atoms with Gasteiger partial charge in [0.25, 0.3) is 5.91 Å². The van der Waals surface area contributed by atoms with Gasteiger partial charge in [0.15, 0.2) is 0 Å². The van der Waals surface area contributed by atoms with E-state index in [4.69, 9.17) is 23.2 Å². The third kappa shape index (κ3) is 2.57. The summed E-state index contributed by atoms with van der Waals surface area (Å²) in [6.07, 6.45) is 0. The molecule has 3 rings (SSSR count). The molecule has 7 heteroatoms.